The molecule has 6 bridgehead atoms. The van der Waals surface area contributed by atoms with E-state index >= 15 is 0 Å². The summed E-state index contributed by atoms with van der Waals surface area (Å²) in [4.78, 5) is 50.5. The summed E-state index contributed by atoms with van der Waals surface area (Å²) >= 11 is 0. The second kappa shape index (κ2) is 16.1. The molecule has 3 aromatic rings. The summed E-state index contributed by atoms with van der Waals surface area (Å²) in [7, 11) is 0. The van der Waals surface area contributed by atoms with E-state index < -0.39 is 36.1 Å². The Morgan fingerprint density at radius 2 is 1.69 bits per heavy atom. The van der Waals surface area contributed by atoms with Crippen LogP contribution in [0.1, 0.15) is 45.7 Å². The largest absolute Gasteiger partial charge is 0.573 e. The van der Waals surface area contributed by atoms with E-state index in [4.69, 9.17) is 9.47 Å². The average molecular weight is 714 g/mol. The quantitative estimate of drug-likeness (QED) is 0.315. The van der Waals surface area contributed by atoms with Gasteiger partial charge in [-0.05, 0) is 61.1 Å². The minimum atomic E-state index is -4.81. The van der Waals surface area contributed by atoms with Gasteiger partial charge in [0, 0.05) is 51.4 Å². The molecule has 15 heteroatoms. The molecule has 7 rings (SSSR count). The van der Waals surface area contributed by atoms with Crippen LogP contribution in [-0.2, 0) is 16.1 Å². The van der Waals surface area contributed by atoms with Gasteiger partial charge in [0.1, 0.15) is 23.9 Å². The zero-order valence-electron chi connectivity index (χ0n) is 27.8. The average Bonchev–Trinajstić information content (AvgIpc) is 3.50. The summed E-state index contributed by atoms with van der Waals surface area (Å²) < 4.78 is 68.2. The molecule has 2 saturated heterocycles. The highest BCUT2D eigenvalue weighted by Gasteiger charge is 2.41. The number of benzene rings is 2. The maximum atomic E-state index is 14.6. The van der Waals surface area contributed by atoms with Crippen molar-refractivity contribution in [1.29, 1.82) is 0 Å². The first kappa shape index (κ1) is 36.0. The first-order valence-electron chi connectivity index (χ1n) is 16.9. The molecular formula is C36H39F4N5O6. The highest BCUT2D eigenvalue weighted by Crippen LogP contribution is 2.28. The van der Waals surface area contributed by atoms with E-state index in [1.54, 1.807) is 34.1 Å². The van der Waals surface area contributed by atoms with Gasteiger partial charge in [0.2, 0.25) is 11.8 Å². The van der Waals surface area contributed by atoms with Crippen LogP contribution >= 0.6 is 0 Å². The number of nitrogens with one attached hydrogen (secondary N) is 1. The van der Waals surface area contributed by atoms with E-state index in [1.165, 1.54) is 42.5 Å². The molecule has 11 nitrogen and oxygen atoms in total. The van der Waals surface area contributed by atoms with Crippen LogP contribution in [0.25, 0.3) is 0 Å². The minimum absolute atomic E-state index is 0.0218. The number of piperidine rings is 1. The molecule has 0 saturated carbocycles. The Morgan fingerprint density at radius 3 is 2.43 bits per heavy atom. The number of alkyl halides is 3. The number of amides is 3. The first-order valence-corrected chi connectivity index (χ1v) is 16.9. The number of halogens is 4. The number of hydrogen-bond acceptors (Lipinski definition) is 8. The molecule has 0 spiro atoms. The number of carbonyl (C=O) groups excluding carboxylic acids is 3. The monoisotopic (exact) mass is 713 g/mol. The van der Waals surface area contributed by atoms with E-state index in [2.05, 4.69) is 15.0 Å². The molecule has 1 aromatic heterocycles. The summed E-state index contributed by atoms with van der Waals surface area (Å²) in [6.07, 6.45) is -3.25. The molecule has 3 amide bonds. The molecule has 2 aromatic carbocycles. The number of nitrogens with zero attached hydrogens (tertiary/aromatic N) is 4. The van der Waals surface area contributed by atoms with Gasteiger partial charge in [0.05, 0.1) is 24.8 Å². The maximum absolute atomic E-state index is 14.6. The van der Waals surface area contributed by atoms with Crippen molar-refractivity contribution in [2.24, 2.45) is 5.92 Å². The van der Waals surface area contributed by atoms with E-state index in [-0.39, 0.29) is 67.6 Å². The van der Waals surface area contributed by atoms with Crippen LogP contribution in [0.5, 0.6) is 11.6 Å². The van der Waals surface area contributed by atoms with Crippen LogP contribution in [0.4, 0.5) is 17.6 Å². The Hall–Kier alpha value is -4.76. The topological polar surface area (TPSA) is 114 Å². The van der Waals surface area contributed by atoms with Crippen LogP contribution in [0, 0.1) is 11.7 Å². The van der Waals surface area contributed by atoms with E-state index in [0.717, 1.165) is 0 Å². The van der Waals surface area contributed by atoms with Crippen LogP contribution in [0.3, 0.4) is 0 Å². The Kier molecular flexibility index (Phi) is 11.4. The third-order valence-corrected chi connectivity index (χ3v) is 9.30. The number of carbonyl (C=O) groups is 3. The van der Waals surface area contributed by atoms with Gasteiger partial charge in [-0.15, -0.1) is 13.2 Å². The standard InChI is InChI=1S/C36H39F4N5O6/c37-29-5-2-1-4-28(29)34(47)44-16-17-49-18-19-50-32-7-3-6-30(42-32)33(46)41-26-20-31(35(48)43-14-12-25(21-44)13-15-43)45(23-26)22-24-8-10-27(11-9-24)51-36(38,39)40/h1-11,25-26,31H,12-23H2,(H,41,46)/t26-,31-/m0/s1. The van der Waals surface area contributed by atoms with Crippen molar-refractivity contribution in [2.75, 3.05) is 52.5 Å². The maximum Gasteiger partial charge on any atom is 0.573 e. The molecule has 4 aliphatic heterocycles. The Morgan fingerprint density at radius 1 is 0.922 bits per heavy atom. The van der Waals surface area contributed by atoms with Crippen LogP contribution in [0.2, 0.25) is 0 Å². The number of hydrogen-bond donors (Lipinski definition) is 1. The molecule has 272 valence electrons. The minimum Gasteiger partial charge on any atom is -0.475 e. The van der Waals surface area contributed by atoms with Crippen molar-refractivity contribution in [1.82, 2.24) is 25.0 Å². The smallest absolute Gasteiger partial charge is 0.475 e. The molecule has 2 atom stereocenters. The van der Waals surface area contributed by atoms with E-state index in [1.807, 2.05) is 4.90 Å². The summed E-state index contributed by atoms with van der Waals surface area (Å²) in [6.45, 7) is 2.57. The lowest BCUT2D eigenvalue weighted by atomic mass is 9.95. The number of rotatable bonds is 4. The van der Waals surface area contributed by atoms with Gasteiger partial charge in [-0.3, -0.25) is 19.3 Å². The van der Waals surface area contributed by atoms with Gasteiger partial charge in [-0.2, -0.15) is 0 Å². The molecule has 51 heavy (non-hydrogen) atoms. The fraction of sp³-hybridized carbons (Fsp3) is 0.444. The molecule has 0 unspecified atom stereocenters. The van der Waals surface area contributed by atoms with Gasteiger partial charge in [-0.25, -0.2) is 9.37 Å². The third-order valence-electron chi connectivity index (χ3n) is 9.30. The number of likely N-dealkylation sites (tertiary alicyclic amines) is 1. The highest BCUT2D eigenvalue weighted by atomic mass is 19.4. The van der Waals surface area contributed by atoms with Crippen LogP contribution in [0.15, 0.2) is 66.7 Å². The van der Waals surface area contributed by atoms with Gasteiger partial charge in [0.25, 0.3) is 11.8 Å². The third kappa shape index (κ3) is 9.52. The zero-order valence-corrected chi connectivity index (χ0v) is 27.8. The van der Waals surface area contributed by atoms with Gasteiger partial charge in [0.15, 0.2) is 0 Å². The van der Waals surface area contributed by atoms with Gasteiger partial charge >= 0.3 is 6.36 Å². The number of fused-ring (bicyclic) bond motifs is 10. The summed E-state index contributed by atoms with van der Waals surface area (Å²) in [5.74, 6) is -1.66. The number of pyridine rings is 1. The van der Waals surface area contributed by atoms with Crippen LogP contribution < -0.4 is 14.8 Å². The predicted molar refractivity (Wildman–Crippen MR) is 175 cm³/mol. The molecule has 2 fully saturated rings. The lowest BCUT2D eigenvalue weighted by Crippen LogP contribution is -2.49. The number of aromatic nitrogens is 1. The molecule has 1 N–H and O–H groups in total. The second-order valence-corrected chi connectivity index (χ2v) is 12.9. The lowest BCUT2D eigenvalue weighted by molar-refractivity contribution is -0.274. The van der Waals surface area contributed by atoms with Crippen molar-refractivity contribution >= 4 is 17.7 Å². The molecular weight excluding hydrogens is 674 g/mol. The fourth-order valence-electron chi connectivity index (χ4n) is 6.77. The zero-order chi connectivity index (χ0) is 36.0. The van der Waals surface area contributed by atoms with Crippen molar-refractivity contribution in [3.8, 4) is 11.6 Å². The van der Waals surface area contributed by atoms with Crippen molar-refractivity contribution in [3.05, 3.63) is 89.4 Å². The SMILES string of the molecule is O=C1N[C@H]2C[C@@H](C(=O)N3CCC(CC3)CN(C(=O)c3ccccc3F)CCOCCOc3cccc1n3)N(Cc1ccc(OC(F)(F)F)cc1)C2. The summed E-state index contributed by atoms with van der Waals surface area (Å²) in [6, 6.07) is 15.1. The van der Waals surface area contributed by atoms with E-state index in [0.29, 0.717) is 51.0 Å². The summed E-state index contributed by atoms with van der Waals surface area (Å²) in [5.41, 5.74) is 0.779. The Balaban J connectivity index is 1.21. The second-order valence-electron chi connectivity index (χ2n) is 12.9. The lowest BCUT2D eigenvalue weighted by Gasteiger charge is -2.37. The van der Waals surface area contributed by atoms with Crippen LogP contribution in [-0.4, -0.2) is 108 Å². The first-order chi connectivity index (χ1) is 24.5. The highest BCUT2D eigenvalue weighted by molar-refractivity contribution is 5.94. The van der Waals surface area contributed by atoms with Crippen molar-refractivity contribution in [3.63, 3.8) is 0 Å². The van der Waals surface area contributed by atoms with E-state index in [9.17, 15) is 31.9 Å². The fourth-order valence-corrected chi connectivity index (χ4v) is 6.77. The number of ether oxygens (including phenoxy) is 3. The van der Waals surface area contributed by atoms with Gasteiger partial charge in [-0.1, -0.05) is 30.3 Å². The van der Waals surface area contributed by atoms with Crippen molar-refractivity contribution < 1.29 is 46.2 Å². The molecule has 4 aliphatic rings. The molecule has 0 aliphatic carbocycles. The molecule has 0 radical (unpaired) electrons. The summed E-state index contributed by atoms with van der Waals surface area (Å²) in [5, 5.41) is 2.99. The van der Waals surface area contributed by atoms with Gasteiger partial charge < -0.3 is 29.3 Å². The normalized spacial score (nSPS) is 22.5. The Labute approximate surface area is 292 Å². The van der Waals surface area contributed by atoms with Crippen molar-refractivity contribution in [2.45, 2.75) is 44.3 Å². The predicted octanol–water partition coefficient (Wildman–Crippen LogP) is 4.28. The Bertz CT molecular complexity index is 1680. The molecule has 5 heterocycles.